The lowest BCUT2D eigenvalue weighted by molar-refractivity contribution is -0.137. The molecule has 0 aliphatic heterocycles. The van der Waals surface area contributed by atoms with Crippen molar-refractivity contribution >= 4 is 11.6 Å². The van der Waals surface area contributed by atoms with Gasteiger partial charge in [-0.15, -0.1) is 5.10 Å². The summed E-state index contributed by atoms with van der Waals surface area (Å²) in [5.41, 5.74) is -1.09. The number of hydrogen-bond acceptors (Lipinski definition) is 5. The Morgan fingerprint density at radius 2 is 1.93 bits per heavy atom. The summed E-state index contributed by atoms with van der Waals surface area (Å²) in [5, 5.41) is 28.6. The van der Waals surface area contributed by atoms with E-state index < -0.39 is 35.1 Å². The topological polar surface area (TPSA) is 104 Å². The van der Waals surface area contributed by atoms with Crippen LogP contribution < -0.4 is 5.32 Å². The van der Waals surface area contributed by atoms with E-state index in [0.29, 0.717) is 17.3 Å². The highest BCUT2D eigenvalue weighted by Crippen LogP contribution is 2.33. The second-order valence-corrected chi connectivity index (χ2v) is 6.18. The lowest BCUT2D eigenvalue weighted by Crippen LogP contribution is -2.32. The van der Waals surface area contributed by atoms with Gasteiger partial charge in [-0.2, -0.15) is 18.4 Å². The van der Waals surface area contributed by atoms with Crippen LogP contribution in [0.15, 0.2) is 48.7 Å². The molecule has 0 spiro atoms. The van der Waals surface area contributed by atoms with Crippen molar-refractivity contribution < 1.29 is 27.5 Å². The van der Waals surface area contributed by atoms with Gasteiger partial charge in [-0.3, -0.25) is 4.79 Å². The Bertz CT molecular complexity index is 1100. The second kappa shape index (κ2) is 8.30. The maximum absolute atomic E-state index is 13.1. The molecule has 2 aromatic carbocycles. The molecule has 0 saturated carbocycles. The molecule has 7 nitrogen and oxygen atoms in total. The molecule has 0 aliphatic rings. The molecule has 3 aromatic rings. The van der Waals surface area contributed by atoms with Gasteiger partial charge in [-0.05, 0) is 42.5 Å². The lowest BCUT2D eigenvalue weighted by atomic mass is 10.1. The molecule has 1 heterocycles. The first-order valence-electron chi connectivity index (χ1n) is 8.43. The first kappa shape index (κ1) is 20.9. The highest BCUT2D eigenvalue weighted by atomic mass is 19.4. The Hall–Kier alpha value is -3.78. The number of anilines is 1. The lowest BCUT2D eigenvalue weighted by Gasteiger charge is -2.15. The number of nitrogens with zero attached hydrogens (tertiary/aromatic N) is 4. The van der Waals surface area contributed by atoms with Crippen LogP contribution in [0.1, 0.15) is 11.1 Å². The number of aliphatic hydroxyl groups excluding tert-OH is 1. The van der Waals surface area contributed by atoms with E-state index in [0.717, 1.165) is 12.1 Å². The summed E-state index contributed by atoms with van der Waals surface area (Å²) in [4.78, 5) is 12.2. The predicted octanol–water partition coefficient (Wildman–Crippen LogP) is 2.97. The number of nitrogens with one attached hydrogen (secondary N) is 1. The number of halogens is 4. The number of hydrogen-bond donors (Lipinski definition) is 2. The zero-order valence-corrected chi connectivity index (χ0v) is 15.1. The van der Waals surface area contributed by atoms with E-state index in [1.54, 1.807) is 0 Å². The van der Waals surface area contributed by atoms with Crippen LogP contribution in [0.3, 0.4) is 0 Å². The molecule has 1 atom stereocenters. The third-order valence-corrected chi connectivity index (χ3v) is 4.12. The van der Waals surface area contributed by atoms with Crippen molar-refractivity contribution in [3.8, 4) is 17.3 Å². The van der Waals surface area contributed by atoms with E-state index in [2.05, 4.69) is 15.6 Å². The SMILES string of the molecule is N#Cc1ccc(NC(=O)[C@@H](O)Cn2nncc2-c2ccc(F)cc2)cc1C(F)(F)F. The summed E-state index contributed by atoms with van der Waals surface area (Å²) >= 11 is 0. The minimum Gasteiger partial charge on any atom is -0.381 e. The Labute approximate surface area is 167 Å². The minimum absolute atomic E-state index is 0.234. The number of aliphatic hydroxyl groups is 1. The largest absolute Gasteiger partial charge is 0.417 e. The number of alkyl halides is 3. The average molecular weight is 419 g/mol. The Balaban J connectivity index is 1.75. The van der Waals surface area contributed by atoms with Gasteiger partial charge in [0.25, 0.3) is 5.91 Å². The standard InChI is InChI=1S/C19H13F4N5O2/c20-13-4-1-11(2-5-13)16-9-25-27-28(16)10-17(29)18(30)26-14-6-3-12(8-24)15(7-14)19(21,22)23/h1-7,9,17,29H,10H2,(H,26,30)/t17-/m0/s1. The molecule has 30 heavy (non-hydrogen) atoms. The number of aromatic nitrogens is 3. The summed E-state index contributed by atoms with van der Waals surface area (Å²) < 4.78 is 53.4. The zero-order valence-electron chi connectivity index (χ0n) is 15.1. The van der Waals surface area contributed by atoms with Crippen molar-refractivity contribution in [3.05, 3.63) is 65.6 Å². The fourth-order valence-corrected chi connectivity index (χ4v) is 2.66. The van der Waals surface area contributed by atoms with Crippen LogP contribution in [0.25, 0.3) is 11.3 Å². The Kier molecular flexibility index (Phi) is 5.79. The number of carbonyl (C=O) groups is 1. The summed E-state index contributed by atoms with van der Waals surface area (Å²) in [6.45, 7) is -0.346. The summed E-state index contributed by atoms with van der Waals surface area (Å²) in [6.07, 6.45) is -5.10. The van der Waals surface area contributed by atoms with Gasteiger partial charge >= 0.3 is 6.18 Å². The summed E-state index contributed by atoms with van der Waals surface area (Å²) in [7, 11) is 0. The van der Waals surface area contributed by atoms with Gasteiger partial charge in [-0.25, -0.2) is 9.07 Å². The molecule has 0 fully saturated rings. The molecular weight excluding hydrogens is 406 g/mol. The molecule has 154 valence electrons. The first-order valence-corrected chi connectivity index (χ1v) is 8.43. The molecule has 2 N–H and O–H groups in total. The molecule has 0 bridgehead atoms. The average Bonchev–Trinajstić information content (AvgIpc) is 3.15. The van der Waals surface area contributed by atoms with Crippen LogP contribution >= 0.6 is 0 Å². The van der Waals surface area contributed by atoms with E-state index in [4.69, 9.17) is 5.26 Å². The zero-order chi connectivity index (χ0) is 21.9. The van der Waals surface area contributed by atoms with Crippen LogP contribution in [0.5, 0.6) is 0 Å². The maximum Gasteiger partial charge on any atom is 0.417 e. The number of amides is 1. The number of carbonyl (C=O) groups excluding carboxylic acids is 1. The molecule has 0 radical (unpaired) electrons. The Morgan fingerprint density at radius 1 is 1.23 bits per heavy atom. The van der Waals surface area contributed by atoms with Gasteiger partial charge in [0.05, 0.1) is 35.6 Å². The van der Waals surface area contributed by atoms with Crippen LogP contribution in [0.2, 0.25) is 0 Å². The van der Waals surface area contributed by atoms with E-state index in [-0.39, 0.29) is 12.2 Å². The highest BCUT2D eigenvalue weighted by Gasteiger charge is 2.34. The van der Waals surface area contributed by atoms with Crippen LogP contribution in [0.4, 0.5) is 23.2 Å². The van der Waals surface area contributed by atoms with Crippen molar-refractivity contribution in [2.24, 2.45) is 0 Å². The number of nitriles is 1. The fourth-order valence-electron chi connectivity index (χ4n) is 2.66. The molecule has 0 saturated heterocycles. The van der Waals surface area contributed by atoms with Gasteiger partial charge in [0.15, 0.2) is 6.10 Å². The molecule has 1 amide bonds. The Morgan fingerprint density at radius 3 is 2.57 bits per heavy atom. The minimum atomic E-state index is -4.78. The maximum atomic E-state index is 13.1. The van der Waals surface area contributed by atoms with Crippen LogP contribution in [-0.2, 0) is 17.5 Å². The predicted molar refractivity (Wildman–Crippen MR) is 96.2 cm³/mol. The van der Waals surface area contributed by atoms with Crippen LogP contribution in [-0.4, -0.2) is 32.1 Å². The smallest absolute Gasteiger partial charge is 0.381 e. The monoisotopic (exact) mass is 419 g/mol. The van der Waals surface area contributed by atoms with E-state index in [1.165, 1.54) is 41.2 Å². The first-order chi connectivity index (χ1) is 14.2. The van der Waals surface area contributed by atoms with Crippen LogP contribution in [0, 0.1) is 17.1 Å². The van der Waals surface area contributed by atoms with E-state index in [1.807, 2.05) is 0 Å². The summed E-state index contributed by atoms with van der Waals surface area (Å²) in [6, 6.07) is 9.47. The quantitative estimate of drug-likeness (QED) is 0.619. The molecule has 0 aliphatic carbocycles. The van der Waals surface area contributed by atoms with E-state index >= 15 is 0 Å². The normalized spacial score (nSPS) is 12.3. The number of rotatable bonds is 5. The third-order valence-electron chi connectivity index (χ3n) is 4.12. The van der Waals surface area contributed by atoms with E-state index in [9.17, 15) is 27.5 Å². The fraction of sp³-hybridized carbons (Fsp3) is 0.158. The molecule has 3 rings (SSSR count). The van der Waals surface area contributed by atoms with Gasteiger partial charge < -0.3 is 10.4 Å². The van der Waals surface area contributed by atoms with Crippen molar-refractivity contribution in [1.29, 1.82) is 5.26 Å². The highest BCUT2D eigenvalue weighted by molar-refractivity contribution is 5.94. The molecule has 0 unspecified atom stereocenters. The third kappa shape index (κ3) is 4.61. The molecule has 11 heteroatoms. The van der Waals surface area contributed by atoms with Gasteiger partial charge in [0.2, 0.25) is 0 Å². The van der Waals surface area contributed by atoms with Gasteiger partial charge in [-0.1, -0.05) is 5.21 Å². The number of benzene rings is 2. The van der Waals surface area contributed by atoms with Crippen molar-refractivity contribution in [2.75, 3.05) is 5.32 Å². The van der Waals surface area contributed by atoms with Gasteiger partial charge in [0, 0.05) is 11.3 Å². The van der Waals surface area contributed by atoms with Gasteiger partial charge in [0.1, 0.15) is 5.82 Å². The van der Waals surface area contributed by atoms with Crippen molar-refractivity contribution in [1.82, 2.24) is 15.0 Å². The second-order valence-electron chi connectivity index (χ2n) is 6.18. The summed E-state index contributed by atoms with van der Waals surface area (Å²) in [5.74, 6) is -1.42. The molecular formula is C19H13F4N5O2. The van der Waals surface area contributed by atoms with Crippen molar-refractivity contribution in [3.63, 3.8) is 0 Å². The molecule has 1 aromatic heterocycles. The van der Waals surface area contributed by atoms with Crippen molar-refractivity contribution in [2.45, 2.75) is 18.8 Å².